The van der Waals surface area contributed by atoms with E-state index in [1.165, 1.54) is 19.4 Å². The van der Waals surface area contributed by atoms with Gasteiger partial charge in [0.15, 0.2) is 5.69 Å². The van der Waals surface area contributed by atoms with Crippen molar-refractivity contribution in [2.24, 2.45) is 0 Å². The van der Waals surface area contributed by atoms with E-state index in [1.807, 2.05) is 0 Å². The SMILES string of the molecule is CCc1nonc1C(=O)N[C@H](C(=O)Nc1cc([C@@H](COC)N2CC(F)(F)CNC2=O)ccn1)c1ccccc1. The maximum Gasteiger partial charge on any atom is 0.318 e. The van der Waals surface area contributed by atoms with E-state index in [0.717, 1.165) is 4.90 Å². The van der Waals surface area contributed by atoms with Crippen LogP contribution in [0.4, 0.5) is 19.4 Å². The van der Waals surface area contributed by atoms with Gasteiger partial charge in [0.1, 0.15) is 17.6 Å². The average molecular weight is 544 g/mol. The number of halogens is 2. The van der Waals surface area contributed by atoms with Crippen LogP contribution in [-0.2, 0) is 16.0 Å². The van der Waals surface area contributed by atoms with Gasteiger partial charge >= 0.3 is 6.03 Å². The normalized spacial score (nSPS) is 16.2. The van der Waals surface area contributed by atoms with Crippen molar-refractivity contribution < 1.29 is 32.5 Å². The van der Waals surface area contributed by atoms with Crippen LogP contribution < -0.4 is 16.0 Å². The molecule has 0 saturated carbocycles. The molecule has 1 aromatic carbocycles. The van der Waals surface area contributed by atoms with Crippen LogP contribution in [0.3, 0.4) is 0 Å². The second-order valence-corrected chi connectivity index (χ2v) is 8.81. The van der Waals surface area contributed by atoms with Crippen molar-refractivity contribution in [1.29, 1.82) is 0 Å². The number of hydrogen-bond donors (Lipinski definition) is 3. The molecule has 0 aliphatic carbocycles. The Morgan fingerprint density at radius 1 is 1.21 bits per heavy atom. The maximum absolute atomic E-state index is 14.1. The minimum atomic E-state index is -3.12. The topological polar surface area (TPSA) is 152 Å². The number of aryl methyl sites for hydroxylation is 1. The van der Waals surface area contributed by atoms with Crippen LogP contribution in [0.1, 0.15) is 46.3 Å². The summed E-state index contributed by atoms with van der Waals surface area (Å²) in [5.41, 5.74) is 1.20. The molecule has 0 unspecified atom stereocenters. The number of ether oxygens (including phenoxy) is 1. The molecule has 1 aliphatic heterocycles. The first-order valence-corrected chi connectivity index (χ1v) is 12.1. The first-order chi connectivity index (χ1) is 18.7. The molecule has 12 nitrogen and oxygen atoms in total. The van der Waals surface area contributed by atoms with Gasteiger partial charge in [-0.25, -0.2) is 23.2 Å². The number of benzene rings is 1. The molecule has 1 saturated heterocycles. The van der Waals surface area contributed by atoms with Crippen molar-refractivity contribution in [1.82, 2.24) is 30.8 Å². The molecule has 1 fully saturated rings. The Hall–Kier alpha value is -4.46. The Labute approximate surface area is 222 Å². The van der Waals surface area contributed by atoms with Gasteiger partial charge in [-0.2, -0.15) is 0 Å². The first-order valence-electron chi connectivity index (χ1n) is 12.1. The Morgan fingerprint density at radius 3 is 2.69 bits per heavy atom. The smallest absolute Gasteiger partial charge is 0.318 e. The number of carbonyl (C=O) groups excluding carboxylic acids is 3. The number of carbonyl (C=O) groups is 3. The number of pyridine rings is 1. The Kier molecular flexibility index (Phi) is 8.44. The Balaban J connectivity index is 1.58. The first kappa shape index (κ1) is 27.6. The average Bonchev–Trinajstić information content (AvgIpc) is 3.41. The largest absolute Gasteiger partial charge is 0.382 e. The summed E-state index contributed by atoms with van der Waals surface area (Å²) in [6.07, 6.45) is 1.77. The molecule has 3 aromatic rings. The van der Waals surface area contributed by atoms with E-state index in [-0.39, 0.29) is 18.1 Å². The van der Waals surface area contributed by atoms with E-state index in [1.54, 1.807) is 43.3 Å². The minimum Gasteiger partial charge on any atom is -0.382 e. The lowest BCUT2D eigenvalue weighted by Gasteiger charge is -2.38. The molecular formula is C25H27F2N7O5. The van der Waals surface area contributed by atoms with E-state index < -0.39 is 48.9 Å². The standard InChI is InChI=1S/C25H27F2N7O5/c1-3-17-21(33-39-32-17)23(36)31-20(15-7-5-4-6-8-15)22(35)30-19-11-16(9-10-28-19)18(12-38-2)34-14-25(26,27)13-29-24(34)37/h4-11,18,20H,3,12-14H2,1-2H3,(H,29,37)(H,31,36)(H,28,30,35)/t18-,20+/m1/s1. The molecule has 4 rings (SSSR count). The molecule has 39 heavy (non-hydrogen) atoms. The molecule has 1 aliphatic rings. The van der Waals surface area contributed by atoms with E-state index >= 15 is 0 Å². The number of rotatable bonds is 10. The summed E-state index contributed by atoms with van der Waals surface area (Å²) >= 11 is 0. The van der Waals surface area contributed by atoms with Crippen molar-refractivity contribution in [3.63, 3.8) is 0 Å². The zero-order valence-corrected chi connectivity index (χ0v) is 21.2. The molecule has 2 aromatic heterocycles. The zero-order valence-electron chi connectivity index (χ0n) is 21.2. The highest BCUT2D eigenvalue weighted by atomic mass is 19.3. The number of urea groups is 1. The van der Waals surface area contributed by atoms with Crippen molar-refractivity contribution >= 4 is 23.7 Å². The maximum atomic E-state index is 14.1. The molecule has 0 radical (unpaired) electrons. The number of nitrogens with one attached hydrogen (secondary N) is 3. The minimum absolute atomic E-state index is 0.0367. The third-order valence-electron chi connectivity index (χ3n) is 6.06. The van der Waals surface area contributed by atoms with Crippen LogP contribution in [-0.4, -0.2) is 70.8 Å². The molecule has 206 valence electrons. The summed E-state index contributed by atoms with van der Waals surface area (Å²) in [6, 6.07) is 8.84. The van der Waals surface area contributed by atoms with E-state index in [2.05, 4.69) is 35.9 Å². The summed E-state index contributed by atoms with van der Waals surface area (Å²) < 4.78 is 38.0. The van der Waals surface area contributed by atoms with Gasteiger partial charge in [-0.1, -0.05) is 42.4 Å². The van der Waals surface area contributed by atoms with Gasteiger partial charge in [0.2, 0.25) is 0 Å². The highest BCUT2D eigenvalue weighted by molar-refractivity contribution is 6.00. The van der Waals surface area contributed by atoms with Crippen molar-refractivity contribution in [2.75, 3.05) is 32.1 Å². The third kappa shape index (κ3) is 6.52. The van der Waals surface area contributed by atoms with Gasteiger partial charge in [-0.15, -0.1) is 0 Å². The molecule has 4 amide bonds. The molecule has 14 heteroatoms. The number of hydrogen-bond acceptors (Lipinski definition) is 8. The van der Waals surface area contributed by atoms with Gasteiger partial charge in [0, 0.05) is 13.3 Å². The second-order valence-electron chi connectivity index (χ2n) is 8.81. The van der Waals surface area contributed by atoms with Gasteiger partial charge in [0.25, 0.3) is 17.7 Å². The zero-order chi connectivity index (χ0) is 28.0. The molecule has 3 heterocycles. The van der Waals surface area contributed by atoms with Gasteiger partial charge in [0.05, 0.1) is 25.7 Å². The summed E-state index contributed by atoms with van der Waals surface area (Å²) in [7, 11) is 1.39. The van der Waals surface area contributed by atoms with Gasteiger partial charge < -0.3 is 25.6 Å². The molecular weight excluding hydrogens is 516 g/mol. The van der Waals surface area contributed by atoms with E-state index in [9.17, 15) is 23.2 Å². The number of methoxy groups -OCH3 is 1. The number of anilines is 1. The number of amides is 4. The Morgan fingerprint density at radius 2 is 1.97 bits per heavy atom. The van der Waals surface area contributed by atoms with Gasteiger partial charge in [-0.05, 0) is 34.8 Å². The highest BCUT2D eigenvalue weighted by Crippen LogP contribution is 2.29. The molecule has 2 atom stereocenters. The van der Waals surface area contributed by atoms with Crippen LogP contribution >= 0.6 is 0 Å². The fraction of sp³-hybridized carbons (Fsp3) is 0.360. The fourth-order valence-corrected chi connectivity index (χ4v) is 4.14. The summed E-state index contributed by atoms with van der Waals surface area (Å²) in [6.45, 7) is 0.156. The predicted octanol–water partition coefficient (Wildman–Crippen LogP) is 2.48. The van der Waals surface area contributed by atoms with Crippen LogP contribution in [0.5, 0.6) is 0 Å². The van der Waals surface area contributed by atoms with Crippen molar-refractivity contribution in [3.05, 3.63) is 71.2 Å². The molecule has 0 bridgehead atoms. The second kappa shape index (κ2) is 11.9. The Bertz CT molecular complexity index is 1320. The lowest BCUT2D eigenvalue weighted by atomic mass is 10.0. The quantitative estimate of drug-likeness (QED) is 0.353. The van der Waals surface area contributed by atoms with Gasteiger partial charge in [-0.3, -0.25) is 9.59 Å². The van der Waals surface area contributed by atoms with Crippen LogP contribution in [0, 0.1) is 0 Å². The number of aromatic nitrogens is 3. The lowest BCUT2D eigenvalue weighted by Crippen LogP contribution is -2.58. The van der Waals surface area contributed by atoms with E-state index in [4.69, 9.17) is 4.74 Å². The number of nitrogens with zero attached hydrogens (tertiary/aromatic N) is 4. The third-order valence-corrected chi connectivity index (χ3v) is 6.06. The molecule has 0 spiro atoms. The van der Waals surface area contributed by atoms with Crippen molar-refractivity contribution in [2.45, 2.75) is 31.4 Å². The summed E-state index contributed by atoms with van der Waals surface area (Å²) in [4.78, 5) is 43.9. The molecule has 3 N–H and O–H groups in total. The predicted molar refractivity (Wildman–Crippen MR) is 133 cm³/mol. The fourth-order valence-electron chi connectivity index (χ4n) is 4.14. The van der Waals surface area contributed by atoms with Crippen LogP contribution in [0.15, 0.2) is 53.3 Å². The highest BCUT2D eigenvalue weighted by Gasteiger charge is 2.42. The van der Waals surface area contributed by atoms with Crippen LogP contribution in [0.25, 0.3) is 0 Å². The monoisotopic (exact) mass is 543 g/mol. The number of alkyl halides is 2. The lowest BCUT2D eigenvalue weighted by molar-refractivity contribution is -0.118. The van der Waals surface area contributed by atoms with Crippen molar-refractivity contribution in [3.8, 4) is 0 Å². The summed E-state index contributed by atoms with van der Waals surface area (Å²) in [5.74, 6) is -4.33. The van der Waals surface area contributed by atoms with Crippen LogP contribution in [0.2, 0.25) is 0 Å². The summed E-state index contributed by atoms with van der Waals surface area (Å²) in [5, 5.41) is 14.8. The van der Waals surface area contributed by atoms with E-state index in [0.29, 0.717) is 23.2 Å².